The first kappa shape index (κ1) is 31.6. The van der Waals surface area contributed by atoms with Crippen LogP contribution in [-0.4, -0.2) is 64.5 Å². The molecule has 0 saturated carbocycles. The maximum atomic E-state index is 13.2. The summed E-state index contributed by atoms with van der Waals surface area (Å²) in [7, 11) is 2.52. The number of esters is 1. The van der Waals surface area contributed by atoms with Crippen molar-refractivity contribution in [3.8, 4) is 5.75 Å². The van der Waals surface area contributed by atoms with E-state index in [1.54, 1.807) is 24.3 Å². The fraction of sp³-hybridized carbons (Fsp3) is 0.481. The summed E-state index contributed by atoms with van der Waals surface area (Å²) in [5, 5.41) is 9.99. The van der Waals surface area contributed by atoms with Gasteiger partial charge in [-0.25, -0.2) is 0 Å². The predicted molar refractivity (Wildman–Crippen MR) is 143 cm³/mol. The Morgan fingerprint density at radius 1 is 1.11 bits per heavy atom. The molecule has 0 aliphatic rings. The molecule has 0 heterocycles. The summed E-state index contributed by atoms with van der Waals surface area (Å²) in [6.07, 6.45) is 4.46. The molecule has 0 aromatic heterocycles. The predicted octanol–water partition coefficient (Wildman–Crippen LogP) is 3.31. The summed E-state index contributed by atoms with van der Waals surface area (Å²) in [5.74, 6) is -2.07. The molecule has 0 aliphatic heterocycles. The number of ether oxygens (including phenoxy) is 3. The lowest BCUT2D eigenvalue weighted by atomic mass is 9.75. The van der Waals surface area contributed by atoms with Crippen molar-refractivity contribution in [2.45, 2.75) is 45.0 Å². The normalized spacial score (nSPS) is 13.0. The quantitative estimate of drug-likeness (QED) is 0.0685. The van der Waals surface area contributed by atoms with Gasteiger partial charge in [-0.3, -0.25) is 19.8 Å². The van der Waals surface area contributed by atoms with E-state index in [0.29, 0.717) is 18.8 Å². The lowest BCUT2D eigenvalue weighted by Gasteiger charge is -2.24. The number of nitrogens with one attached hydrogen (secondary N) is 2. The summed E-state index contributed by atoms with van der Waals surface area (Å²) < 4.78 is 20.7. The molecule has 1 amide bonds. The number of carbonyl (C=O) groups excluding carboxylic acids is 3. The van der Waals surface area contributed by atoms with E-state index in [1.165, 1.54) is 14.6 Å². The van der Waals surface area contributed by atoms with Crippen LogP contribution < -0.4 is 10.1 Å². The van der Waals surface area contributed by atoms with E-state index in [2.05, 4.69) is 18.5 Å². The zero-order valence-electron chi connectivity index (χ0n) is 21.9. The van der Waals surface area contributed by atoms with Gasteiger partial charge in [0.05, 0.1) is 38.1 Å². The number of hydrogen-bond acceptors (Lipinski definition) is 8. The van der Waals surface area contributed by atoms with Gasteiger partial charge in [-0.2, -0.15) is 0 Å². The van der Waals surface area contributed by atoms with Crippen LogP contribution >= 0.6 is 0 Å². The topological polar surface area (TPSA) is 124 Å². The Hall–Kier alpha value is -3.40. The van der Waals surface area contributed by atoms with Gasteiger partial charge in [0.15, 0.2) is 5.78 Å². The molecule has 9 nitrogen and oxygen atoms in total. The van der Waals surface area contributed by atoms with Crippen molar-refractivity contribution in [2.75, 3.05) is 26.9 Å². The molecule has 0 unspecified atom stereocenters. The van der Waals surface area contributed by atoms with Crippen LogP contribution in [0.3, 0.4) is 0 Å². The summed E-state index contributed by atoms with van der Waals surface area (Å²) in [6, 6.07) is 6.43. The number of Topliss-reactive ketones (excluding diaryl/α,β-unsaturated/α-hetero) is 1. The highest BCUT2D eigenvalue weighted by atomic mass is 16.5. The fourth-order valence-corrected chi connectivity index (χ4v) is 3.54. The molecule has 0 spiro atoms. The fourth-order valence-electron chi connectivity index (χ4n) is 3.54. The van der Waals surface area contributed by atoms with E-state index < -0.39 is 29.7 Å². The van der Waals surface area contributed by atoms with Crippen molar-refractivity contribution in [1.29, 1.82) is 5.41 Å². The van der Waals surface area contributed by atoms with E-state index in [9.17, 15) is 14.4 Å². The lowest BCUT2D eigenvalue weighted by molar-refractivity contribution is -0.149. The molecule has 0 aliphatic carbocycles. The maximum absolute atomic E-state index is 13.2. The van der Waals surface area contributed by atoms with Gasteiger partial charge < -0.3 is 24.2 Å². The monoisotopic (exact) mass is 513 g/mol. The Morgan fingerprint density at radius 2 is 1.78 bits per heavy atom. The minimum atomic E-state index is -0.815. The van der Waals surface area contributed by atoms with Gasteiger partial charge in [-0.15, -0.1) is 6.58 Å². The van der Waals surface area contributed by atoms with Crippen LogP contribution in [0, 0.1) is 17.2 Å². The molecule has 1 rings (SSSR count). The van der Waals surface area contributed by atoms with Crippen molar-refractivity contribution in [3.05, 3.63) is 55.1 Å². The number of ketones is 1. The first-order valence-corrected chi connectivity index (χ1v) is 12.2. The third-order valence-corrected chi connectivity index (χ3v) is 5.34. The Balaban J connectivity index is 2.98. The average Bonchev–Trinajstić information content (AvgIpc) is 2.88. The second-order valence-corrected chi connectivity index (χ2v) is 8.85. The number of benzene rings is 1. The molecule has 1 aromatic rings. The molecule has 0 fully saturated rings. The Kier molecular flexibility index (Phi) is 15.3. The molecule has 0 saturated heterocycles. The van der Waals surface area contributed by atoms with Gasteiger partial charge >= 0.3 is 13.5 Å². The average molecular weight is 513 g/mol. The van der Waals surface area contributed by atoms with E-state index in [4.69, 9.17) is 24.3 Å². The molecule has 3 atom stereocenters. The number of methoxy groups -OCH3 is 1. The zero-order valence-corrected chi connectivity index (χ0v) is 21.9. The van der Waals surface area contributed by atoms with E-state index >= 15 is 0 Å². The molecule has 2 N–H and O–H groups in total. The van der Waals surface area contributed by atoms with E-state index in [0.717, 1.165) is 12.0 Å². The minimum absolute atomic E-state index is 0.00284. The number of carbonyl (C=O) groups is 3. The van der Waals surface area contributed by atoms with Gasteiger partial charge in [0.1, 0.15) is 18.8 Å². The molecule has 10 heteroatoms. The second kappa shape index (κ2) is 17.9. The van der Waals surface area contributed by atoms with Crippen LogP contribution in [-0.2, 0) is 34.9 Å². The van der Waals surface area contributed by atoms with Gasteiger partial charge in [0, 0.05) is 6.42 Å². The molecular formula is C27H38BN2O7. The van der Waals surface area contributed by atoms with Crippen LogP contribution in [0.15, 0.2) is 49.6 Å². The van der Waals surface area contributed by atoms with Crippen molar-refractivity contribution in [3.63, 3.8) is 0 Å². The number of hydrogen-bond donors (Lipinski definition) is 2. The molecule has 201 valence electrons. The maximum Gasteiger partial charge on any atom is 0.384 e. The summed E-state index contributed by atoms with van der Waals surface area (Å²) in [4.78, 5) is 38.6. The van der Waals surface area contributed by atoms with Crippen molar-refractivity contribution in [1.82, 2.24) is 5.32 Å². The SMILES string of the molecule is C=CCOC[C@H](CC(=O)[C@H](CC(C)C)NC(=O)[C@@H]([B]OC=N)Cc1ccc(OCC=C)cc1)C(=O)OC. The molecule has 0 bridgehead atoms. The van der Waals surface area contributed by atoms with Crippen LogP contribution in [0.2, 0.25) is 5.82 Å². The summed E-state index contributed by atoms with van der Waals surface area (Å²) >= 11 is 0. The summed E-state index contributed by atoms with van der Waals surface area (Å²) in [6.45, 7) is 11.7. The van der Waals surface area contributed by atoms with Gasteiger partial charge in [0.2, 0.25) is 5.91 Å². The van der Waals surface area contributed by atoms with Crippen molar-refractivity contribution >= 4 is 31.5 Å². The highest BCUT2D eigenvalue weighted by molar-refractivity contribution is 6.39. The zero-order chi connectivity index (χ0) is 27.6. The molecule has 1 radical (unpaired) electrons. The first-order chi connectivity index (χ1) is 17.7. The van der Waals surface area contributed by atoms with Crippen molar-refractivity contribution < 1.29 is 33.2 Å². The van der Waals surface area contributed by atoms with Crippen LogP contribution in [0.5, 0.6) is 5.75 Å². The van der Waals surface area contributed by atoms with E-state index in [1.807, 2.05) is 26.0 Å². The highest BCUT2D eigenvalue weighted by Gasteiger charge is 2.31. The molecule has 37 heavy (non-hydrogen) atoms. The Morgan fingerprint density at radius 3 is 2.35 bits per heavy atom. The Labute approximate surface area is 220 Å². The van der Waals surface area contributed by atoms with Gasteiger partial charge in [0.25, 0.3) is 0 Å². The van der Waals surface area contributed by atoms with E-state index in [-0.39, 0.29) is 37.8 Å². The lowest BCUT2D eigenvalue weighted by Crippen LogP contribution is -2.45. The van der Waals surface area contributed by atoms with Gasteiger partial charge in [-0.05, 0) is 36.5 Å². The minimum Gasteiger partial charge on any atom is -0.555 e. The summed E-state index contributed by atoms with van der Waals surface area (Å²) in [5.41, 5.74) is 0.841. The molecular weight excluding hydrogens is 475 g/mol. The third kappa shape index (κ3) is 12.4. The third-order valence-electron chi connectivity index (χ3n) is 5.34. The smallest absolute Gasteiger partial charge is 0.384 e. The molecule has 1 aromatic carbocycles. The van der Waals surface area contributed by atoms with Crippen LogP contribution in [0.4, 0.5) is 0 Å². The van der Waals surface area contributed by atoms with Crippen LogP contribution in [0.25, 0.3) is 0 Å². The van der Waals surface area contributed by atoms with Crippen LogP contribution in [0.1, 0.15) is 32.3 Å². The first-order valence-electron chi connectivity index (χ1n) is 12.2. The van der Waals surface area contributed by atoms with Crippen molar-refractivity contribution in [2.24, 2.45) is 11.8 Å². The highest BCUT2D eigenvalue weighted by Crippen LogP contribution is 2.20. The standard InChI is InChI=1S/C27H38BN2O7/c1-6-12-35-17-21(27(33)34-5)16-25(31)24(14-19(3)4)30-26(32)23(28-37-18-29)15-20-8-10-22(11-9-20)36-13-7-2/h6-11,18-19,21,23-24,29H,1-2,12-17H2,3-5H3,(H,30,32)/t21-,23-,24-/m0/s1. The number of amides is 1. The number of rotatable bonds is 20. The second-order valence-electron chi connectivity index (χ2n) is 8.85. The van der Waals surface area contributed by atoms with Gasteiger partial charge in [-0.1, -0.05) is 44.7 Å². The largest absolute Gasteiger partial charge is 0.555 e. The Bertz CT molecular complexity index is 889.